The Labute approximate surface area is 130 Å². The standard InChI is InChI=1S/C18H31N3/c1-5-18-14-21(11-10-20(18)4)13-17-9-7-6-8-16(17)12-19-15(2)3/h6-9,15,18-19H,5,10-14H2,1-4H3. The van der Waals surface area contributed by atoms with Crippen LogP contribution in [-0.2, 0) is 13.1 Å². The average molecular weight is 289 g/mol. The van der Waals surface area contributed by atoms with Gasteiger partial charge in [0, 0.05) is 44.8 Å². The maximum atomic E-state index is 3.54. The van der Waals surface area contributed by atoms with E-state index in [-0.39, 0.29) is 0 Å². The van der Waals surface area contributed by atoms with E-state index >= 15 is 0 Å². The lowest BCUT2D eigenvalue weighted by atomic mass is 10.0. The van der Waals surface area contributed by atoms with Crippen LogP contribution in [0.3, 0.4) is 0 Å². The van der Waals surface area contributed by atoms with E-state index in [4.69, 9.17) is 0 Å². The highest BCUT2D eigenvalue weighted by Crippen LogP contribution is 2.16. The predicted molar refractivity (Wildman–Crippen MR) is 90.4 cm³/mol. The molecular formula is C18H31N3. The molecule has 3 nitrogen and oxygen atoms in total. The van der Waals surface area contributed by atoms with Gasteiger partial charge in [-0.25, -0.2) is 0 Å². The van der Waals surface area contributed by atoms with Crippen molar-refractivity contribution in [1.29, 1.82) is 0 Å². The Bertz CT molecular complexity index is 430. The molecule has 1 atom stereocenters. The van der Waals surface area contributed by atoms with Crippen molar-refractivity contribution in [3.8, 4) is 0 Å². The van der Waals surface area contributed by atoms with E-state index in [1.807, 2.05) is 0 Å². The topological polar surface area (TPSA) is 18.5 Å². The maximum absolute atomic E-state index is 3.54. The molecule has 0 aromatic heterocycles. The second-order valence-electron chi connectivity index (χ2n) is 6.58. The number of hydrogen-bond donors (Lipinski definition) is 1. The molecule has 0 saturated carbocycles. The first kappa shape index (κ1) is 16.5. The summed E-state index contributed by atoms with van der Waals surface area (Å²) in [6.07, 6.45) is 1.24. The van der Waals surface area contributed by atoms with E-state index in [9.17, 15) is 0 Å². The highest BCUT2D eigenvalue weighted by atomic mass is 15.3. The van der Waals surface area contributed by atoms with Crippen molar-refractivity contribution in [1.82, 2.24) is 15.1 Å². The maximum Gasteiger partial charge on any atom is 0.0238 e. The molecule has 1 aliphatic rings. The Balaban J connectivity index is 1.99. The second kappa shape index (κ2) is 7.92. The van der Waals surface area contributed by atoms with Crippen molar-refractivity contribution in [2.45, 2.75) is 52.4 Å². The fraction of sp³-hybridized carbons (Fsp3) is 0.667. The summed E-state index contributed by atoms with van der Waals surface area (Å²) in [4.78, 5) is 5.12. The van der Waals surface area contributed by atoms with Crippen LogP contribution in [0.2, 0.25) is 0 Å². The summed E-state index contributed by atoms with van der Waals surface area (Å²) in [6.45, 7) is 12.3. The molecule has 1 aromatic carbocycles. The molecular weight excluding hydrogens is 258 g/mol. The molecule has 1 N–H and O–H groups in total. The third-order valence-corrected chi connectivity index (χ3v) is 4.55. The number of nitrogens with zero attached hydrogens (tertiary/aromatic N) is 2. The van der Waals surface area contributed by atoms with Gasteiger partial charge < -0.3 is 10.2 Å². The summed E-state index contributed by atoms with van der Waals surface area (Å²) in [6, 6.07) is 10.1. The van der Waals surface area contributed by atoms with Crippen LogP contribution in [0.4, 0.5) is 0 Å². The van der Waals surface area contributed by atoms with Gasteiger partial charge in [-0.2, -0.15) is 0 Å². The minimum Gasteiger partial charge on any atom is -0.310 e. The van der Waals surface area contributed by atoms with Crippen LogP contribution >= 0.6 is 0 Å². The van der Waals surface area contributed by atoms with Crippen LogP contribution in [0.25, 0.3) is 0 Å². The van der Waals surface area contributed by atoms with E-state index in [2.05, 4.69) is 67.2 Å². The first-order valence-corrected chi connectivity index (χ1v) is 8.33. The predicted octanol–water partition coefficient (Wildman–Crippen LogP) is 2.71. The minimum absolute atomic E-state index is 0.533. The molecule has 0 radical (unpaired) electrons. The zero-order valence-corrected chi connectivity index (χ0v) is 14.1. The molecule has 1 aromatic rings. The van der Waals surface area contributed by atoms with Crippen LogP contribution < -0.4 is 5.32 Å². The Morgan fingerprint density at radius 2 is 1.90 bits per heavy atom. The molecule has 0 amide bonds. The summed E-state index contributed by atoms with van der Waals surface area (Å²) in [7, 11) is 2.26. The molecule has 1 fully saturated rings. The van der Waals surface area contributed by atoms with E-state index in [0.717, 1.165) is 13.1 Å². The third kappa shape index (κ3) is 4.80. The number of nitrogens with one attached hydrogen (secondary N) is 1. The van der Waals surface area contributed by atoms with Crippen molar-refractivity contribution < 1.29 is 0 Å². The first-order chi connectivity index (χ1) is 10.1. The van der Waals surface area contributed by atoms with Gasteiger partial charge in [-0.3, -0.25) is 4.90 Å². The minimum atomic E-state index is 0.533. The molecule has 1 heterocycles. The monoisotopic (exact) mass is 289 g/mol. The fourth-order valence-corrected chi connectivity index (χ4v) is 3.03. The molecule has 0 spiro atoms. The van der Waals surface area contributed by atoms with Gasteiger partial charge in [0.05, 0.1) is 0 Å². The number of rotatable bonds is 6. The van der Waals surface area contributed by atoms with Crippen molar-refractivity contribution in [3.63, 3.8) is 0 Å². The zero-order valence-electron chi connectivity index (χ0n) is 14.1. The van der Waals surface area contributed by atoms with Gasteiger partial charge in [0.15, 0.2) is 0 Å². The van der Waals surface area contributed by atoms with Crippen molar-refractivity contribution >= 4 is 0 Å². The Morgan fingerprint density at radius 1 is 1.19 bits per heavy atom. The molecule has 1 saturated heterocycles. The summed E-state index contributed by atoms with van der Waals surface area (Å²) in [5, 5.41) is 3.54. The number of likely N-dealkylation sites (N-methyl/N-ethyl adjacent to an activating group) is 1. The van der Waals surface area contributed by atoms with Crippen LogP contribution in [0.15, 0.2) is 24.3 Å². The lowest BCUT2D eigenvalue weighted by molar-refractivity contribution is 0.0881. The van der Waals surface area contributed by atoms with E-state index in [0.29, 0.717) is 12.1 Å². The van der Waals surface area contributed by atoms with Gasteiger partial charge in [0.2, 0.25) is 0 Å². The quantitative estimate of drug-likeness (QED) is 0.869. The van der Waals surface area contributed by atoms with Gasteiger partial charge in [-0.15, -0.1) is 0 Å². The molecule has 21 heavy (non-hydrogen) atoms. The Kier molecular flexibility index (Phi) is 6.22. The number of hydrogen-bond acceptors (Lipinski definition) is 3. The molecule has 2 rings (SSSR count). The highest BCUT2D eigenvalue weighted by molar-refractivity contribution is 5.27. The lowest BCUT2D eigenvalue weighted by Crippen LogP contribution is -2.50. The molecule has 1 aliphatic heterocycles. The van der Waals surface area contributed by atoms with Crippen LogP contribution in [0, 0.1) is 0 Å². The highest BCUT2D eigenvalue weighted by Gasteiger charge is 2.23. The van der Waals surface area contributed by atoms with Crippen LogP contribution in [0.5, 0.6) is 0 Å². The summed E-state index contributed by atoms with van der Waals surface area (Å²) in [5.41, 5.74) is 2.92. The number of benzene rings is 1. The van der Waals surface area contributed by atoms with Crippen molar-refractivity contribution in [2.24, 2.45) is 0 Å². The van der Waals surface area contributed by atoms with Crippen molar-refractivity contribution in [3.05, 3.63) is 35.4 Å². The molecule has 3 heteroatoms. The van der Waals surface area contributed by atoms with E-state index in [1.54, 1.807) is 0 Å². The van der Waals surface area contributed by atoms with Crippen molar-refractivity contribution in [2.75, 3.05) is 26.7 Å². The molecule has 0 bridgehead atoms. The fourth-order valence-electron chi connectivity index (χ4n) is 3.03. The second-order valence-corrected chi connectivity index (χ2v) is 6.58. The summed E-state index contributed by atoms with van der Waals surface area (Å²) in [5.74, 6) is 0. The first-order valence-electron chi connectivity index (χ1n) is 8.33. The van der Waals surface area contributed by atoms with Gasteiger partial charge in [0.1, 0.15) is 0 Å². The summed E-state index contributed by atoms with van der Waals surface area (Å²) < 4.78 is 0. The van der Waals surface area contributed by atoms with E-state index < -0.39 is 0 Å². The Hall–Kier alpha value is -0.900. The van der Waals surface area contributed by atoms with Crippen LogP contribution in [0.1, 0.15) is 38.3 Å². The zero-order chi connectivity index (χ0) is 15.2. The van der Waals surface area contributed by atoms with Gasteiger partial charge in [-0.05, 0) is 24.6 Å². The molecule has 1 unspecified atom stereocenters. The van der Waals surface area contributed by atoms with Crippen LogP contribution in [-0.4, -0.2) is 48.6 Å². The average Bonchev–Trinajstić information content (AvgIpc) is 2.48. The normalized spacial score (nSPS) is 21.1. The molecule has 0 aliphatic carbocycles. The van der Waals surface area contributed by atoms with Gasteiger partial charge in [-0.1, -0.05) is 45.0 Å². The Morgan fingerprint density at radius 3 is 2.57 bits per heavy atom. The smallest absolute Gasteiger partial charge is 0.0238 e. The van der Waals surface area contributed by atoms with Gasteiger partial charge >= 0.3 is 0 Å². The lowest BCUT2D eigenvalue weighted by Gasteiger charge is -2.39. The third-order valence-electron chi connectivity index (χ3n) is 4.55. The SMILES string of the molecule is CCC1CN(Cc2ccccc2CNC(C)C)CCN1C. The van der Waals surface area contributed by atoms with E-state index in [1.165, 1.54) is 37.2 Å². The number of piperazine rings is 1. The van der Waals surface area contributed by atoms with Gasteiger partial charge in [0.25, 0.3) is 0 Å². The largest absolute Gasteiger partial charge is 0.310 e. The molecule has 118 valence electrons. The summed E-state index contributed by atoms with van der Waals surface area (Å²) >= 11 is 0.